The number of methoxy groups -OCH3 is 1. The number of nitrogens with one attached hydrogen (secondary N) is 1. The van der Waals surface area contributed by atoms with Gasteiger partial charge in [-0.25, -0.2) is 4.98 Å². The van der Waals surface area contributed by atoms with Crippen molar-refractivity contribution in [3.05, 3.63) is 35.7 Å². The highest BCUT2D eigenvalue weighted by Crippen LogP contribution is 2.28. The van der Waals surface area contributed by atoms with E-state index in [-0.39, 0.29) is 0 Å². The number of nitrogens with zero attached hydrogens (tertiary/aromatic N) is 3. The van der Waals surface area contributed by atoms with E-state index >= 15 is 0 Å². The van der Waals surface area contributed by atoms with Crippen molar-refractivity contribution in [3.63, 3.8) is 0 Å². The van der Waals surface area contributed by atoms with Crippen LogP contribution in [0.2, 0.25) is 0 Å². The standard InChI is InChI=1S/C13H13N5O/c1-8-3-4-9(6-14)5-10(8)18-12-11(15)13(19-2)17-7-16-12/h3-5,7H,15H2,1-2H3,(H,16,17,18). The van der Waals surface area contributed by atoms with Gasteiger partial charge in [0, 0.05) is 5.69 Å². The molecule has 0 amide bonds. The van der Waals surface area contributed by atoms with Gasteiger partial charge in [0.05, 0.1) is 18.7 Å². The number of anilines is 3. The van der Waals surface area contributed by atoms with Crippen LogP contribution in [0.5, 0.6) is 5.88 Å². The molecule has 96 valence electrons. The third-order valence-electron chi connectivity index (χ3n) is 2.66. The molecule has 2 rings (SSSR count). The zero-order valence-electron chi connectivity index (χ0n) is 10.6. The molecule has 0 saturated carbocycles. The van der Waals surface area contributed by atoms with Crippen molar-refractivity contribution in [1.82, 2.24) is 9.97 Å². The summed E-state index contributed by atoms with van der Waals surface area (Å²) < 4.78 is 5.03. The molecule has 0 radical (unpaired) electrons. The Bertz CT molecular complexity index is 648. The summed E-state index contributed by atoms with van der Waals surface area (Å²) in [6.45, 7) is 1.93. The molecule has 0 fully saturated rings. The van der Waals surface area contributed by atoms with E-state index in [9.17, 15) is 0 Å². The summed E-state index contributed by atoms with van der Waals surface area (Å²) in [5.41, 5.74) is 8.53. The molecule has 2 aromatic rings. The predicted octanol–water partition coefficient (Wildman–Crippen LogP) is 1.99. The normalized spacial score (nSPS) is 9.74. The monoisotopic (exact) mass is 255 g/mol. The van der Waals surface area contributed by atoms with Gasteiger partial charge < -0.3 is 15.8 Å². The molecule has 6 nitrogen and oxygen atoms in total. The van der Waals surface area contributed by atoms with Gasteiger partial charge in [-0.2, -0.15) is 10.2 Å². The fraction of sp³-hybridized carbons (Fsp3) is 0.154. The molecule has 0 atom stereocenters. The van der Waals surface area contributed by atoms with Crippen molar-refractivity contribution in [2.45, 2.75) is 6.92 Å². The number of rotatable bonds is 3. The summed E-state index contributed by atoms with van der Waals surface area (Å²) in [4.78, 5) is 7.97. The second-order valence-electron chi connectivity index (χ2n) is 3.91. The first-order chi connectivity index (χ1) is 9.15. The molecule has 3 N–H and O–H groups in total. The van der Waals surface area contributed by atoms with Crippen molar-refractivity contribution in [1.29, 1.82) is 5.26 Å². The van der Waals surface area contributed by atoms with Gasteiger partial charge in [-0.3, -0.25) is 0 Å². The first-order valence-electron chi connectivity index (χ1n) is 5.58. The van der Waals surface area contributed by atoms with E-state index in [1.165, 1.54) is 13.4 Å². The number of aryl methyl sites for hydroxylation is 1. The van der Waals surface area contributed by atoms with Crippen LogP contribution in [0.15, 0.2) is 24.5 Å². The Morgan fingerprint density at radius 2 is 2.16 bits per heavy atom. The third kappa shape index (κ3) is 2.55. The Labute approximate surface area is 110 Å². The topological polar surface area (TPSA) is 96.9 Å². The van der Waals surface area contributed by atoms with Gasteiger partial charge in [-0.15, -0.1) is 0 Å². The fourth-order valence-electron chi connectivity index (χ4n) is 1.60. The molecule has 0 aliphatic heterocycles. The lowest BCUT2D eigenvalue weighted by molar-refractivity contribution is 0.399. The lowest BCUT2D eigenvalue weighted by Gasteiger charge is -2.12. The molecule has 0 spiro atoms. The number of nitrogens with two attached hydrogens (primary N) is 1. The molecule has 19 heavy (non-hydrogen) atoms. The molecule has 0 aliphatic rings. The third-order valence-corrected chi connectivity index (χ3v) is 2.66. The maximum absolute atomic E-state index is 8.91. The van der Waals surface area contributed by atoms with Crippen LogP contribution in [0, 0.1) is 18.3 Å². The molecule has 0 saturated heterocycles. The van der Waals surface area contributed by atoms with Gasteiger partial charge in [0.25, 0.3) is 0 Å². The lowest BCUT2D eigenvalue weighted by atomic mass is 10.1. The Balaban J connectivity index is 2.39. The minimum Gasteiger partial charge on any atom is -0.479 e. The van der Waals surface area contributed by atoms with Crippen LogP contribution < -0.4 is 15.8 Å². The highest BCUT2D eigenvalue weighted by molar-refractivity contribution is 5.73. The van der Waals surface area contributed by atoms with E-state index in [2.05, 4.69) is 21.4 Å². The van der Waals surface area contributed by atoms with Crippen molar-refractivity contribution < 1.29 is 4.74 Å². The van der Waals surface area contributed by atoms with Crippen LogP contribution in [0.4, 0.5) is 17.2 Å². The Morgan fingerprint density at radius 1 is 1.37 bits per heavy atom. The first kappa shape index (κ1) is 12.6. The Kier molecular flexibility index (Phi) is 3.48. The van der Waals surface area contributed by atoms with Gasteiger partial charge in [-0.1, -0.05) is 6.07 Å². The molecular weight excluding hydrogens is 242 g/mol. The van der Waals surface area contributed by atoms with Crippen LogP contribution >= 0.6 is 0 Å². The summed E-state index contributed by atoms with van der Waals surface area (Å²) in [6, 6.07) is 7.44. The SMILES string of the molecule is COc1ncnc(Nc2cc(C#N)ccc2C)c1N. The zero-order valence-corrected chi connectivity index (χ0v) is 10.6. The number of nitrogen functional groups attached to an aromatic ring is 1. The fourth-order valence-corrected chi connectivity index (χ4v) is 1.60. The van der Waals surface area contributed by atoms with E-state index in [0.717, 1.165) is 11.3 Å². The molecule has 1 aromatic carbocycles. The minimum absolute atomic E-state index is 0.312. The number of benzene rings is 1. The second-order valence-corrected chi connectivity index (χ2v) is 3.91. The number of aromatic nitrogens is 2. The quantitative estimate of drug-likeness (QED) is 0.870. The molecule has 1 aromatic heterocycles. The van der Waals surface area contributed by atoms with Gasteiger partial charge in [0.15, 0.2) is 5.82 Å². The van der Waals surface area contributed by atoms with E-state index in [4.69, 9.17) is 15.7 Å². The molecule has 0 unspecified atom stereocenters. The van der Waals surface area contributed by atoms with Crippen molar-refractivity contribution in [2.24, 2.45) is 0 Å². The summed E-state index contributed by atoms with van der Waals surface area (Å²) in [6.07, 6.45) is 1.36. The van der Waals surface area contributed by atoms with Crippen molar-refractivity contribution in [3.8, 4) is 11.9 Å². The van der Waals surface area contributed by atoms with Crippen molar-refractivity contribution >= 4 is 17.2 Å². The van der Waals surface area contributed by atoms with Crippen LogP contribution in [-0.4, -0.2) is 17.1 Å². The summed E-state index contributed by atoms with van der Waals surface area (Å²) in [7, 11) is 1.49. The number of ether oxygens (including phenoxy) is 1. The van der Waals surface area contributed by atoms with Crippen LogP contribution in [0.25, 0.3) is 0 Å². The Morgan fingerprint density at radius 3 is 2.84 bits per heavy atom. The van der Waals surface area contributed by atoms with E-state index in [1.54, 1.807) is 12.1 Å². The number of hydrogen-bond donors (Lipinski definition) is 2. The highest BCUT2D eigenvalue weighted by Gasteiger charge is 2.09. The number of hydrogen-bond acceptors (Lipinski definition) is 6. The maximum Gasteiger partial charge on any atom is 0.242 e. The molecule has 0 bridgehead atoms. The average molecular weight is 255 g/mol. The number of nitriles is 1. The molecule has 0 aliphatic carbocycles. The summed E-state index contributed by atoms with van der Waals surface area (Å²) in [5.74, 6) is 0.761. The minimum atomic E-state index is 0.312. The first-order valence-corrected chi connectivity index (χ1v) is 5.58. The predicted molar refractivity (Wildman–Crippen MR) is 72.2 cm³/mol. The van der Waals surface area contributed by atoms with Crippen LogP contribution in [0.3, 0.4) is 0 Å². The summed E-state index contributed by atoms with van der Waals surface area (Å²) in [5, 5.41) is 12.0. The van der Waals surface area contributed by atoms with Crippen molar-refractivity contribution in [2.75, 3.05) is 18.2 Å². The van der Waals surface area contributed by atoms with Gasteiger partial charge in [-0.05, 0) is 24.6 Å². The van der Waals surface area contributed by atoms with E-state index in [0.29, 0.717) is 22.9 Å². The maximum atomic E-state index is 8.91. The second kappa shape index (κ2) is 5.23. The van der Waals surface area contributed by atoms with Gasteiger partial charge in [0.1, 0.15) is 12.0 Å². The molecule has 6 heteroatoms. The van der Waals surface area contributed by atoms with Crippen LogP contribution in [0.1, 0.15) is 11.1 Å². The zero-order chi connectivity index (χ0) is 13.8. The Hall–Kier alpha value is -2.81. The van der Waals surface area contributed by atoms with Gasteiger partial charge >= 0.3 is 0 Å². The average Bonchev–Trinajstić information content (AvgIpc) is 2.43. The smallest absolute Gasteiger partial charge is 0.242 e. The van der Waals surface area contributed by atoms with E-state index < -0.39 is 0 Å². The summed E-state index contributed by atoms with van der Waals surface area (Å²) >= 11 is 0. The van der Waals surface area contributed by atoms with E-state index in [1.807, 2.05) is 13.0 Å². The molecular formula is C13H13N5O. The highest BCUT2D eigenvalue weighted by atomic mass is 16.5. The molecule has 1 heterocycles. The largest absolute Gasteiger partial charge is 0.479 e. The van der Waals surface area contributed by atoms with Gasteiger partial charge in [0.2, 0.25) is 5.88 Å². The van der Waals surface area contributed by atoms with Crippen LogP contribution in [-0.2, 0) is 0 Å². The lowest BCUT2D eigenvalue weighted by Crippen LogP contribution is -2.04.